The van der Waals surface area contributed by atoms with Crippen LogP contribution in [0.3, 0.4) is 0 Å². The average molecular weight is 586 g/mol. The van der Waals surface area contributed by atoms with Crippen molar-refractivity contribution in [2.75, 3.05) is 48.1 Å². The molecule has 14 atom stereocenters. The van der Waals surface area contributed by atoms with Gasteiger partial charge in [-0.05, 0) is 31.0 Å². The van der Waals surface area contributed by atoms with Gasteiger partial charge in [-0.25, -0.2) is 4.79 Å². The van der Waals surface area contributed by atoms with E-state index in [1.54, 1.807) is 45.6 Å². The molecule has 2 N–H and O–H groups in total. The summed E-state index contributed by atoms with van der Waals surface area (Å²) < 4.78 is 30.6. The molecule has 7 bridgehead atoms. The summed E-state index contributed by atoms with van der Waals surface area (Å²) >= 11 is 0. The van der Waals surface area contributed by atoms with Gasteiger partial charge in [-0.3, -0.25) is 9.69 Å². The number of ether oxygens (including phenoxy) is 5. The van der Waals surface area contributed by atoms with Gasteiger partial charge in [0, 0.05) is 81.9 Å². The Morgan fingerprint density at radius 2 is 1.81 bits per heavy atom. The second-order valence-corrected chi connectivity index (χ2v) is 13.5. The zero-order chi connectivity index (χ0) is 29.8. The Balaban J connectivity index is 1.45. The van der Waals surface area contributed by atoms with Crippen LogP contribution in [0.2, 0.25) is 0 Å². The third kappa shape index (κ3) is 3.19. The van der Waals surface area contributed by atoms with E-state index in [4.69, 9.17) is 23.7 Å². The molecule has 230 valence electrons. The predicted octanol–water partition coefficient (Wildman–Crippen LogP) is 1.17. The fourth-order valence-electron chi connectivity index (χ4n) is 11.7. The summed E-state index contributed by atoms with van der Waals surface area (Å²) in [7, 11) is 6.49. The van der Waals surface area contributed by atoms with Crippen molar-refractivity contribution in [2.24, 2.45) is 40.4 Å². The summed E-state index contributed by atoms with van der Waals surface area (Å²) in [6, 6.07) is 8.65. The first-order chi connectivity index (χ1) is 20.2. The predicted molar refractivity (Wildman–Crippen MR) is 148 cm³/mol. The van der Waals surface area contributed by atoms with Crippen molar-refractivity contribution in [3.63, 3.8) is 0 Å². The van der Waals surface area contributed by atoms with Crippen molar-refractivity contribution in [3.8, 4) is 0 Å². The second kappa shape index (κ2) is 9.79. The summed E-state index contributed by atoms with van der Waals surface area (Å²) in [6.45, 7) is 3.77. The Labute approximate surface area is 246 Å². The molecule has 5 aliphatic carbocycles. The summed E-state index contributed by atoms with van der Waals surface area (Å²) in [5, 5.41) is 24.4. The molecule has 6 fully saturated rings. The number of methoxy groups -OCH3 is 4. The number of rotatable bonds is 8. The molecule has 42 heavy (non-hydrogen) atoms. The van der Waals surface area contributed by atoms with Crippen molar-refractivity contribution in [1.29, 1.82) is 0 Å². The maximum Gasteiger partial charge on any atom is 0.338 e. The van der Waals surface area contributed by atoms with E-state index in [0.29, 0.717) is 31.7 Å². The van der Waals surface area contributed by atoms with Gasteiger partial charge in [-0.2, -0.15) is 0 Å². The molecule has 0 amide bonds. The lowest BCUT2D eigenvalue weighted by molar-refractivity contribution is -0.280. The maximum atomic E-state index is 14.5. The first-order valence-electron chi connectivity index (χ1n) is 15.2. The van der Waals surface area contributed by atoms with Crippen LogP contribution in [0.4, 0.5) is 0 Å². The van der Waals surface area contributed by atoms with E-state index in [1.807, 2.05) is 6.07 Å². The molecule has 10 heteroatoms. The number of nitrogens with zero attached hydrogens (tertiary/aromatic N) is 1. The fourth-order valence-corrected chi connectivity index (χ4v) is 11.7. The van der Waals surface area contributed by atoms with Gasteiger partial charge in [0.05, 0.1) is 30.5 Å². The number of Topliss-reactive ketones (excluding diaryl/α,β-unsaturated/α-hetero) is 1. The lowest BCUT2D eigenvalue weighted by Crippen LogP contribution is -2.77. The smallest absolute Gasteiger partial charge is 0.338 e. The van der Waals surface area contributed by atoms with Crippen LogP contribution in [0, 0.1) is 40.4 Å². The van der Waals surface area contributed by atoms with Gasteiger partial charge in [0.25, 0.3) is 0 Å². The first kappa shape index (κ1) is 28.8. The molecular weight excluding hydrogens is 542 g/mol. The highest BCUT2D eigenvalue weighted by Gasteiger charge is 2.87. The van der Waals surface area contributed by atoms with Crippen molar-refractivity contribution in [1.82, 2.24) is 4.90 Å². The van der Waals surface area contributed by atoms with Crippen molar-refractivity contribution >= 4 is 11.8 Å². The third-order valence-corrected chi connectivity index (χ3v) is 12.5. The standard InChI is InChI=1S/C32H43NO9/c1-6-33-14-30(15-38-2)18(34)12-19(39-3)32-17-13-31(37)27(42-29(36)16-10-8-7-9-11-16)20(17)21(23(35)28(31)41-5)22(26(32)33)24(40-4)25(30)32/h7-11,17-22,24-28,34,37H,6,12-15H2,1-5H3/t17-,18-,19+,20+,21+,22?,24+,25-,26?,27-,28-,30+,31-,32?/m1/s1. The third-order valence-electron chi connectivity index (χ3n) is 12.5. The Kier molecular flexibility index (Phi) is 6.72. The number of esters is 1. The zero-order valence-electron chi connectivity index (χ0n) is 25.0. The Hall–Kier alpha value is -1.92. The van der Waals surface area contributed by atoms with Crippen LogP contribution in [-0.4, -0.2) is 117 Å². The molecule has 7 rings (SSSR count). The van der Waals surface area contributed by atoms with Gasteiger partial charge in [-0.1, -0.05) is 25.1 Å². The highest BCUT2D eigenvalue weighted by Crippen LogP contribution is 2.78. The van der Waals surface area contributed by atoms with Crippen LogP contribution in [0.15, 0.2) is 30.3 Å². The lowest BCUT2D eigenvalue weighted by Gasteiger charge is -2.69. The second-order valence-electron chi connectivity index (χ2n) is 13.5. The molecule has 1 aliphatic heterocycles. The van der Waals surface area contributed by atoms with Crippen LogP contribution in [0.25, 0.3) is 0 Å². The summed E-state index contributed by atoms with van der Waals surface area (Å²) in [4.78, 5) is 30.4. The SMILES string of the molecule is CCN1C[C@]2(COC)[C@H](O)C[C@H](OC)C34C1C([C@H]1C(=O)[C@@H](OC)[C@@]5(O)C[C@@H]3[C@@H]1[C@H]5OC(=O)c1ccccc1)[C@H](OC)[C@@H]42. The largest absolute Gasteiger partial charge is 0.455 e. The molecule has 0 radical (unpaired) electrons. The average Bonchev–Trinajstić information content (AvgIpc) is 3.33. The van der Waals surface area contributed by atoms with Gasteiger partial charge >= 0.3 is 5.97 Å². The van der Waals surface area contributed by atoms with Crippen LogP contribution < -0.4 is 0 Å². The molecular formula is C32H43NO9. The lowest BCUT2D eigenvalue weighted by atomic mass is 9.43. The van der Waals surface area contributed by atoms with Gasteiger partial charge < -0.3 is 33.9 Å². The van der Waals surface area contributed by atoms with Gasteiger partial charge in [0.1, 0.15) is 17.8 Å². The minimum absolute atomic E-state index is 0.0847. The van der Waals surface area contributed by atoms with E-state index in [9.17, 15) is 19.8 Å². The van der Waals surface area contributed by atoms with Gasteiger partial charge in [0.15, 0.2) is 5.78 Å². The van der Waals surface area contributed by atoms with Crippen LogP contribution in [0.5, 0.6) is 0 Å². The van der Waals surface area contributed by atoms with Crippen LogP contribution in [0.1, 0.15) is 30.1 Å². The minimum Gasteiger partial charge on any atom is -0.455 e. The minimum atomic E-state index is -1.70. The molecule has 10 nitrogen and oxygen atoms in total. The number of hydrogen-bond acceptors (Lipinski definition) is 10. The number of aliphatic hydroxyl groups is 2. The molecule has 1 heterocycles. The number of carbonyl (C=O) groups is 2. The van der Waals surface area contributed by atoms with Crippen LogP contribution >= 0.6 is 0 Å². The number of carbonyl (C=O) groups excluding carboxylic acids is 2. The van der Waals surface area contributed by atoms with Gasteiger partial charge in [0.2, 0.25) is 0 Å². The number of ketones is 1. The summed E-state index contributed by atoms with van der Waals surface area (Å²) in [6.07, 6.45) is -2.90. The highest BCUT2D eigenvalue weighted by atomic mass is 16.6. The number of fused-ring (bicyclic) bond motifs is 2. The number of piperidine rings is 1. The zero-order valence-corrected chi connectivity index (χ0v) is 25.0. The fraction of sp³-hybridized carbons (Fsp3) is 0.750. The molecule has 1 aromatic carbocycles. The van der Waals surface area contributed by atoms with E-state index < -0.39 is 52.5 Å². The van der Waals surface area contributed by atoms with Crippen molar-refractivity contribution in [2.45, 2.75) is 61.9 Å². The van der Waals surface area contributed by atoms with Crippen LogP contribution in [-0.2, 0) is 28.5 Å². The monoisotopic (exact) mass is 585 g/mol. The van der Waals surface area contributed by atoms with E-state index in [-0.39, 0.29) is 48.2 Å². The van der Waals surface area contributed by atoms with Crippen molar-refractivity contribution < 1.29 is 43.5 Å². The number of likely N-dealkylation sites (tertiary alicyclic amines) is 1. The molecule has 1 saturated heterocycles. The molecule has 5 saturated carbocycles. The number of benzene rings is 1. The molecule has 1 aromatic rings. The summed E-state index contributed by atoms with van der Waals surface area (Å²) in [5.74, 6) is -2.42. The Morgan fingerprint density at radius 1 is 1.07 bits per heavy atom. The number of hydrogen-bond donors (Lipinski definition) is 2. The molecule has 0 aromatic heterocycles. The molecule has 6 aliphatic rings. The van der Waals surface area contributed by atoms with E-state index in [1.165, 1.54) is 7.11 Å². The van der Waals surface area contributed by atoms with E-state index in [0.717, 1.165) is 0 Å². The number of aliphatic hydroxyl groups excluding tert-OH is 1. The van der Waals surface area contributed by atoms with Gasteiger partial charge in [-0.15, -0.1) is 0 Å². The normalized spacial score (nSPS) is 50.2. The quantitative estimate of drug-likeness (QED) is 0.430. The van der Waals surface area contributed by atoms with E-state index >= 15 is 0 Å². The summed E-state index contributed by atoms with van der Waals surface area (Å²) in [5.41, 5.74) is -2.56. The molecule has 3 unspecified atom stereocenters. The van der Waals surface area contributed by atoms with Crippen molar-refractivity contribution in [3.05, 3.63) is 35.9 Å². The highest BCUT2D eigenvalue weighted by molar-refractivity contribution is 5.92. The Morgan fingerprint density at radius 3 is 2.43 bits per heavy atom. The Bertz CT molecular complexity index is 1250. The van der Waals surface area contributed by atoms with E-state index in [2.05, 4.69) is 11.8 Å². The topological polar surface area (TPSA) is 124 Å². The molecule has 1 spiro atoms. The maximum absolute atomic E-state index is 14.5. The first-order valence-corrected chi connectivity index (χ1v) is 15.2.